The van der Waals surface area contributed by atoms with Crippen LogP contribution in [-0.2, 0) is 4.74 Å². The molecule has 1 amide bonds. The van der Waals surface area contributed by atoms with Gasteiger partial charge in [-0.25, -0.2) is 4.79 Å². The van der Waals surface area contributed by atoms with Crippen molar-refractivity contribution in [2.75, 3.05) is 0 Å². The average molecular weight is 228 g/mol. The molecule has 0 bridgehead atoms. The number of hydrogen-bond donors (Lipinski definition) is 2. The van der Waals surface area contributed by atoms with Crippen molar-refractivity contribution in [1.82, 2.24) is 5.32 Å². The third kappa shape index (κ3) is 4.39. The smallest absolute Gasteiger partial charge is 0.407 e. The van der Waals surface area contributed by atoms with Crippen molar-refractivity contribution in [3.05, 3.63) is 0 Å². The first-order chi connectivity index (χ1) is 7.28. The Morgan fingerprint density at radius 1 is 1.44 bits per heavy atom. The van der Waals surface area contributed by atoms with E-state index in [0.29, 0.717) is 5.92 Å². The Morgan fingerprint density at radius 2 is 2.06 bits per heavy atom. The van der Waals surface area contributed by atoms with Crippen molar-refractivity contribution in [2.24, 2.45) is 11.7 Å². The molecule has 1 rings (SSSR count). The predicted octanol–water partition coefficient (Wildman–Crippen LogP) is 2.03. The molecule has 4 heteroatoms. The van der Waals surface area contributed by atoms with Crippen LogP contribution in [0.2, 0.25) is 0 Å². The van der Waals surface area contributed by atoms with Gasteiger partial charge < -0.3 is 15.8 Å². The zero-order valence-electron chi connectivity index (χ0n) is 10.7. The van der Waals surface area contributed by atoms with E-state index < -0.39 is 5.60 Å². The number of amides is 1. The Bertz CT molecular complexity index is 246. The van der Waals surface area contributed by atoms with Gasteiger partial charge in [0.2, 0.25) is 0 Å². The topological polar surface area (TPSA) is 64.3 Å². The summed E-state index contributed by atoms with van der Waals surface area (Å²) in [6.45, 7) is 7.63. The highest BCUT2D eigenvalue weighted by Gasteiger charge is 2.29. The summed E-state index contributed by atoms with van der Waals surface area (Å²) in [5.41, 5.74) is 5.42. The van der Waals surface area contributed by atoms with Gasteiger partial charge in [-0.15, -0.1) is 0 Å². The molecule has 3 atom stereocenters. The van der Waals surface area contributed by atoms with Gasteiger partial charge in [-0.2, -0.15) is 0 Å². The highest BCUT2D eigenvalue weighted by Crippen LogP contribution is 2.27. The van der Waals surface area contributed by atoms with Crippen molar-refractivity contribution in [2.45, 2.75) is 64.6 Å². The molecule has 0 aromatic rings. The molecule has 0 saturated heterocycles. The minimum atomic E-state index is -0.427. The van der Waals surface area contributed by atoms with Crippen LogP contribution in [0.15, 0.2) is 0 Å². The lowest BCUT2D eigenvalue weighted by Gasteiger charge is -2.22. The number of rotatable bonds is 2. The van der Waals surface area contributed by atoms with E-state index >= 15 is 0 Å². The van der Waals surface area contributed by atoms with Crippen LogP contribution in [0, 0.1) is 5.92 Å². The van der Waals surface area contributed by atoms with Crippen LogP contribution in [0.3, 0.4) is 0 Å². The maximum absolute atomic E-state index is 11.5. The fourth-order valence-electron chi connectivity index (χ4n) is 2.10. The van der Waals surface area contributed by atoms with Crippen LogP contribution in [0.1, 0.15) is 47.0 Å². The van der Waals surface area contributed by atoms with Gasteiger partial charge in [-0.3, -0.25) is 0 Å². The Hall–Kier alpha value is -0.770. The summed E-state index contributed by atoms with van der Waals surface area (Å²) in [5.74, 6) is 0.528. The third-order valence-electron chi connectivity index (χ3n) is 2.94. The number of nitrogens with two attached hydrogens (primary N) is 1. The number of carbonyl (C=O) groups is 1. The van der Waals surface area contributed by atoms with Crippen LogP contribution in [0.4, 0.5) is 4.79 Å². The first kappa shape index (κ1) is 13.3. The van der Waals surface area contributed by atoms with Crippen LogP contribution in [0.25, 0.3) is 0 Å². The molecule has 4 nitrogen and oxygen atoms in total. The van der Waals surface area contributed by atoms with Gasteiger partial charge in [-0.05, 0) is 52.9 Å². The van der Waals surface area contributed by atoms with Gasteiger partial charge >= 0.3 is 6.09 Å². The molecular formula is C12H24N2O2. The van der Waals surface area contributed by atoms with Crippen molar-refractivity contribution in [3.8, 4) is 0 Å². The largest absolute Gasteiger partial charge is 0.444 e. The summed E-state index contributed by atoms with van der Waals surface area (Å²) in [7, 11) is 0. The molecule has 1 saturated carbocycles. The first-order valence-electron chi connectivity index (χ1n) is 6.03. The maximum atomic E-state index is 11.5. The fourth-order valence-corrected chi connectivity index (χ4v) is 2.10. The first-order valence-corrected chi connectivity index (χ1v) is 6.03. The minimum Gasteiger partial charge on any atom is -0.444 e. The SMILES string of the molecule is CC(N)[C@@H]1CC[C@H](NC(=O)OC(C)(C)C)C1. The van der Waals surface area contributed by atoms with E-state index in [0.717, 1.165) is 19.3 Å². The van der Waals surface area contributed by atoms with Crippen molar-refractivity contribution in [1.29, 1.82) is 0 Å². The Labute approximate surface area is 97.9 Å². The van der Waals surface area contributed by atoms with E-state index in [2.05, 4.69) is 5.32 Å². The number of ether oxygens (including phenoxy) is 1. The summed E-state index contributed by atoms with van der Waals surface area (Å²) >= 11 is 0. The van der Waals surface area contributed by atoms with Crippen molar-refractivity contribution < 1.29 is 9.53 Å². The molecule has 0 radical (unpaired) electrons. The van der Waals surface area contributed by atoms with Gasteiger partial charge in [0, 0.05) is 12.1 Å². The predicted molar refractivity (Wildman–Crippen MR) is 64.1 cm³/mol. The van der Waals surface area contributed by atoms with Crippen LogP contribution in [0.5, 0.6) is 0 Å². The summed E-state index contributed by atoms with van der Waals surface area (Å²) < 4.78 is 5.21. The number of hydrogen-bond acceptors (Lipinski definition) is 3. The lowest BCUT2D eigenvalue weighted by molar-refractivity contribution is 0.0504. The van der Waals surface area contributed by atoms with E-state index in [9.17, 15) is 4.79 Å². The molecular weight excluding hydrogens is 204 g/mol. The standard InChI is InChI=1S/C12H24N2O2/c1-8(13)9-5-6-10(7-9)14-11(15)16-12(2,3)4/h8-10H,5-7,13H2,1-4H3,(H,14,15)/t8?,9-,10+/m1/s1. The zero-order valence-corrected chi connectivity index (χ0v) is 10.7. The van der Waals surface area contributed by atoms with E-state index in [1.807, 2.05) is 27.7 Å². The Kier molecular flexibility index (Phi) is 4.19. The highest BCUT2D eigenvalue weighted by molar-refractivity contribution is 5.68. The molecule has 1 fully saturated rings. The Morgan fingerprint density at radius 3 is 2.50 bits per heavy atom. The normalized spacial score (nSPS) is 27.6. The fraction of sp³-hybridized carbons (Fsp3) is 0.917. The van der Waals surface area contributed by atoms with Crippen LogP contribution >= 0.6 is 0 Å². The van der Waals surface area contributed by atoms with Gasteiger partial charge in [0.15, 0.2) is 0 Å². The second-order valence-electron chi connectivity index (χ2n) is 5.78. The summed E-state index contributed by atoms with van der Waals surface area (Å²) in [5, 5.41) is 2.90. The van der Waals surface area contributed by atoms with E-state index in [1.54, 1.807) is 0 Å². The molecule has 0 spiro atoms. The quantitative estimate of drug-likeness (QED) is 0.760. The lowest BCUT2D eigenvalue weighted by atomic mass is 10.0. The van der Waals surface area contributed by atoms with E-state index in [4.69, 9.17) is 10.5 Å². The molecule has 16 heavy (non-hydrogen) atoms. The van der Waals surface area contributed by atoms with Gasteiger partial charge in [-0.1, -0.05) is 0 Å². The lowest BCUT2D eigenvalue weighted by Crippen LogP contribution is -2.38. The zero-order chi connectivity index (χ0) is 12.3. The third-order valence-corrected chi connectivity index (χ3v) is 2.94. The average Bonchev–Trinajstić information content (AvgIpc) is 2.48. The maximum Gasteiger partial charge on any atom is 0.407 e. The molecule has 0 aromatic carbocycles. The molecule has 0 aromatic heterocycles. The summed E-state index contributed by atoms with van der Waals surface area (Å²) in [6, 6.07) is 0.441. The summed E-state index contributed by atoms with van der Waals surface area (Å²) in [6.07, 6.45) is 2.75. The molecule has 3 N–H and O–H groups in total. The molecule has 0 heterocycles. The van der Waals surface area contributed by atoms with Crippen molar-refractivity contribution in [3.63, 3.8) is 0 Å². The number of alkyl carbamates (subject to hydrolysis) is 1. The highest BCUT2D eigenvalue weighted by atomic mass is 16.6. The molecule has 94 valence electrons. The number of carbonyl (C=O) groups excluding carboxylic acids is 1. The van der Waals surface area contributed by atoms with Crippen LogP contribution < -0.4 is 11.1 Å². The van der Waals surface area contributed by atoms with E-state index in [1.165, 1.54) is 0 Å². The van der Waals surface area contributed by atoms with Gasteiger partial charge in [0.05, 0.1) is 0 Å². The minimum absolute atomic E-state index is 0.213. The van der Waals surface area contributed by atoms with E-state index in [-0.39, 0.29) is 18.2 Å². The summed E-state index contributed by atoms with van der Waals surface area (Å²) in [4.78, 5) is 11.5. The molecule has 1 unspecified atom stereocenters. The second-order valence-corrected chi connectivity index (χ2v) is 5.78. The number of nitrogens with one attached hydrogen (secondary N) is 1. The van der Waals surface area contributed by atoms with Gasteiger partial charge in [0.25, 0.3) is 0 Å². The monoisotopic (exact) mass is 228 g/mol. The second kappa shape index (κ2) is 5.04. The van der Waals surface area contributed by atoms with Crippen LogP contribution in [-0.4, -0.2) is 23.8 Å². The van der Waals surface area contributed by atoms with Gasteiger partial charge in [0.1, 0.15) is 5.60 Å². The molecule has 1 aliphatic rings. The Balaban J connectivity index is 2.32. The molecule has 0 aliphatic heterocycles. The molecule has 1 aliphatic carbocycles. The van der Waals surface area contributed by atoms with Crippen molar-refractivity contribution >= 4 is 6.09 Å².